The van der Waals surface area contributed by atoms with Crippen molar-refractivity contribution in [1.29, 1.82) is 0 Å². The highest BCUT2D eigenvalue weighted by Gasteiger charge is 2.48. The number of fused-ring (bicyclic) bond motifs is 1. The van der Waals surface area contributed by atoms with E-state index in [-0.39, 0.29) is 31.2 Å². The zero-order valence-electron chi connectivity index (χ0n) is 12.2. The van der Waals surface area contributed by atoms with Crippen LogP contribution in [0.2, 0.25) is 20.1 Å². The summed E-state index contributed by atoms with van der Waals surface area (Å²) in [5, 5.41) is 10.6. The number of rotatable bonds is 2. The molecular weight excluding hydrogens is 388 g/mol. The second kappa shape index (κ2) is 5.81. The Balaban J connectivity index is 2.74. The average molecular weight is 398 g/mol. The van der Waals surface area contributed by atoms with Gasteiger partial charge in [-0.05, 0) is 5.41 Å². The molecule has 124 valence electrons. The summed E-state index contributed by atoms with van der Waals surface area (Å²) < 4.78 is 0. The molecule has 9 heteroatoms. The van der Waals surface area contributed by atoms with E-state index < -0.39 is 29.2 Å². The molecule has 0 saturated carbocycles. The maximum atomic E-state index is 12.6. The summed E-state index contributed by atoms with van der Waals surface area (Å²) in [6.07, 6.45) is 0. The van der Waals surface area contributed by atoms with Crippen molar-refractivity contribution in [2.24, 2.45) is 5.41 Å². The fourth-order valence-electron chi connectivity index (χ4n) is 2.45. The molecular formula is C14H10Cl4NO4-. The third-order valence-electron chi connectivity index (χ3n) is 3.43. The van der Waals surface area contributed by atoms with Gasteiger partial charge in [0.15, 0.2) is 0 Å². The van der Waals surface area contributed by atoms with Gasteiger partial charge in [-0.1, -0.05) is 67.2 Å². The van der Waals surface area contributed by atoms with Crippen LogP contribution < -0.4 is 5.11 Å². The van der Waals surface area contributed by atoms with E-state index in [0.29, 0.717) is 4.90 Å². The van der Waals surface area contributed by atoms with Gasteiger partial charge in [0.05, 0.1) is 43.2 Å². The largest absolute Gasteiger partial charge is 0.548 e. The van der Waals surface area contributed by atoms with Gasteiger partial charge in [-0.15, -0.1) is 0 Å². The summed E-state index contributed by atoms with van der Waals surface area (Å²) in [6.45, 7) is 4.67. The van der Waals surface area contributed by atoms with Crippen LogP contribution >= 0.6 is 46.4 Å². The van der Waals surface area contributed by atoms with Crippen LogP contribution in [-0.4, -0.2) is 28.7 Å². The van der Waals surface area contributed by atoms with E-state index in [1.807, 2.05) is 0 Å². The SMILES string of the molecule is CC(C)(C)[C@@H](C(=O)[O-])N1C(=O)c2c(Cl)c(Cl)c(Cl)c(Cl)c2C1=O. The number of imide groups is 1. The Labute approximate surface area is 152 Å². The fraction of sp³-hybridized carbons (Fsp3) is 0.357. The van der Waals surface area contributed by atoms with Gasteiger partial charge < -0.3 is 9.90 Å². The Bertz CT molecular complexity index is 707. The Hall–Kier alpha value is -1.01. The smallest absolute Gasteiger partial charge is 0.263 e. The molecule has 0 saturated heterocycles. The summed E-state index contributed by atoms with van der Waals surface area (Å²) in [6, 6.07) is -1.51. The third-order valence-corrected chi connectivity index (χ3v) is 5.24. The maximum absolute atomic E-state index is 12.6. The molecule has 23 heavy (non-hydrogen) atoms. The summed E-state index contributed by atoms with van der Waals surface area (Å²) in [7, 11) is 0. The maximum Gasteiger partial charge on any atom is 0.263 e. The minimum atomic E-state index is -1.57. The van der Waals surface area contributed by atoms with Gasteiger partial charge in [0.2, 0.25) is 0 Å². The Morgan fingerprint density at radius 1 is 0.913 bits per heavy atom. The lowest BCUT2D eigenvalue weighted by atomic mass is 9.85. The monoisotopic (exact) mass is 396 g/mol. The molecule has 1 aromatic rings. The van der Waals surface area contributed by atoms with Gasteiger partial charge in [0, 0.05) is 0 Å². The molecule has 1 aromatic carbocycles. The molecule has 0 aromatic heterocycles. The summed E-state index contributed by atoms with van der Waals surface area (Å²) in [5.41, 5.74) is -1.49. The Morgan fingerprint density at radius 3 is 1.52 bits per heavy atom. The van der Waals surface area contributed by atoms with Crippen molar-refractivity contribution in [3.63, 3.8) is 0 Å². The first-order valence-corrected chi connectivity index (χ1v) is 7.87. The number of benzene rings is 1. The van der Waals surface area contributed by atoms with Crippen molar-refractivity contribution in [2.45, 2.75) is 26.8 Å². The number of carbonyl (C=O) groups is 3. The number of hydrogen-bond acceptors (Lipinski definition) is 4. The molecule has 2 amide bonds. The van der Waals surface area contributed by atoms with Crippen molar-refractivity contribution in [3.05, 3.63) is 31.2 Å². The van der Waals surface area contributed by atoms with Gasteiger partial charge in [0.1, 0.15) is 0 Å². The van der Waals surface area contributed by atoms with Crippen LogP contribution in [0.5, 0.6) is 0 Å². The zero-order chi connectivity index (χ0) is 17.9. The van der Waals surface area contributed by atoms with E-state index >= 15 is 0 Å². The first-order chi connectivity index (χ1) is 10.4. The van der Waals surface area contributed by atoms with Crippen LogP contribution in [0.3, 0.4) is 0 Å². The van der Waals surface area contributed by atoms with Gasteiger partial charge >= 0.3 is 0 Å². The van der Waals surface area contributed by atoms with Crippen molar-refractivity contribution in [2.75, 3.05) is 0 Å². The second-order valence-electron chi connectivity index (χ2n) is 6.07. The molecule has 0 fully saturated rings. The zero-order valence-corrected chi connectivity index (χ0v) is 15.2. The summed E-state index contributed by atoms with van der Waals surface area (Å²) >= 11 is 23.8. The molecule has 1 heterocycles. The minimum absolute atomic E-state index is 0.180. The normalized spacial score (nSPS) is 15.9. The number of halogens is 4. The molecule has 0 bridgehead atoms. The number of amides is 2. The van der Waals surface area contributed by atoms with Crippen LogP contribution in [0.1, 0.15) is 41.5 Å². The highest BCUT2D eigenvalue weighted by atomic mass is 35.5. The predicted octanol–water partition coefficient (Wildman–Crippen LogP) is 3.06. The number of carboxylic acids is 1. The van der Waals surface area contributed by atoms with Gasteiger partial charge in [0.25, 0.3) is 11.8 Å². The van der Waals surface area contributed by atoms with Crippen LogP contribution in [-0.2, 0) is 4.79 Å². The van der Waals surface area contributed by atoms with Crippen molar-refractivity contribution < 1.29 is 19.5 Å². The van der Waals surface area contributed by atoms with E-state index in [4.69, 9.17) is 46.4 Å². The lowest BCUT2D eigenvalue weighted by Gasteiger charge is -2.37. The molecule has 1 aliphatic rings. The quantitative estimate of drug-likeness (QED) is 0.436. The van der Waals surface area contributed by atoms with Gasteiger partial charge in [-0.3, -0.25) is 14.5 Å². The molecule has 1 atom stereocenters. The van der Waals surface area contributed by atoms with Gasteiger partial charge in [-0.2, -0.15) is 0 Å². The lowest BCUT2D eigenvalue weighted by Crippen LogP contribution is -2.56. The Morgan fingerprint density at radius 2 is 1.26 bits per heavy atom. The minimum Gasteiger partial charge on any atom is -0.548 e. The van der Waals surface area contributed by atoms with E-state index in [1.54, 1.807) is 20.8 Å². The number of carbonyl (C=O) groups excluding carboxylic acids is 3. The second-order valence-corrected chi connectivity index (χ2v) is 7.59. The van der Waals surface area contributed by atoms with Crippen LogP contribution in [0.25, 0.3) is 0 Å². The first kappa shape index (κ1) is 18.3. The van der Waals surface area contributed by atoms with Crippen molar-refractivity contribution in [3.8, 4) is 0 Å². The third kappa shape index (κ3) is 2.70. The topological polar surface area (TPSA) is 77.5 Å². The standard InChI is InChI=1S/C14H11Cl4NO4/c1-14(2,3)10(13(22)23)19-11(20)4-5(12(19)21)7(16)9(18)8(17)6(4)15/h10H,1-3H3,(H,22,23)/p-1/t10-/m1/s1. The van der Waals surface area contributed by atoms with E-state index in [1.165, 1.54) is 0 Å². The highest BCUT2D eigenvalue weighted by Crippen LogP contribution is 2.46. The highest BCUT2D eigenvalue weighted by molar-refractivity contribution is 6.55. The lowest BCUT2D eigenvalue weighted by molar-refractivity contribution is -0.313. The molecule has 0 radical (unpaired) electrons. The van der Waals surface area contributed by atoms with Crippen LogP contribution in [0, 0.1) is 5.41 Å². The molecule has 0 aliphatic carbocycles. The van der Waals surface area contributed by atoms with Crippen LogP contribution in [0.15, 0.2) is 0 Å². The fourth-order valence-corrected chi connectivity index (χ4v) is 3.46. The molecule has 0 N–H and O–H groups in total. The van der Waals surface area contributed by atoms with Crippen molar-refractivity contribution in [1.82, 2.24) is 4.90 Å². The van der Waals surface area contributed by atoms with Crippen LogP contribution in [0.4, 0.5) is 0 Å². The molecule has 5 nitrogen and oxygen atoms in total. The first-order valence-electron chi connectivity index (χ1n) is 6.36. The molecule has 1 aliphatic heterocycles. The predicted molar refractivity (Wildman–Crippen MR) is 85.2 cm³/mol. The average Bonchev–Trinajstić information content (AvgIpc) is 2.66. The number of carboxylic acid groups (broad SMARTS) is 1. The van der Waals surface area contributed by atoms with Gasteiger partial charge in [-0.25, -0.2) is 0 Å². The Kier molecular flexibility index (Phi) is 4.63. The van der Waals surface area contributed by atoms with E-state index in [2.05, 4.69) is 0 Å². The van der Waals surface area contributed by atoms with E-state index in [9.17, 15) is 19.5 Å². The summed E-state index contributed by atoms with van der Waals surface area (Å²) in [5.74, 6) is -3.38. The molecule has 2 rings (SSSR count). The number of nitrogens with zero attached hydrogens (tertiary/aromatic N) is 1. The number of hydrogen-bond donors (Lipinski definition) is 0. The summed E-state index contributed by atoms with van der Waals surface area (Å²) in [4.78, 5) is 37.3. The number of aliphatic carboxylic acids is 1. The van der Waals surface area contributed by atoms with E-state index in [0.717, 1.165) is 0 Å². The molecule has 0 spiro atoms. The van der Waals surface area contributed by atoms with Crippen molar-refractivity contribution >= 4 is 64.2 Å². The molecule has 0 unspecified atom stereocenters.